The van der Waals surface area contributed by atoms with Gasteiger partial charge in [-0.1, -0.05) is 50.6 Å². The lowest BCUT2D eigenvalue weighted by molar-refractivity contribution is -0.141. The van der Waals surface area contributed by atoms with Crippen LogP contribution in [-0.2, 0) is 20.8 Å². The van der Waals surface area contributed by atoms with E-state index in [1.807, 2.05) is 44.2 Å². The summed E-state index contributed by atoms with van der Waals surface area (Å²) in [5.41, 5.74) is 6.88. The fourth-order valence-electron chi connectivity index (χ4n) is 2.37. The molecule has 0 aliphatic rings. The van der Waals surface area contributed by atoms with E-state index in [1.54, 1.807) is 0 Å². The minimum atomic E-state index is -1.18. The first kappa shape index (κ1) is 22.0. The number of hydrogen-bond donors (Lipinski definition) is 5. The molecule has 144 valence electrons. The van der Waals surface area contributed by atoms with Crippen molar-refractivity contribution in [1.29, 1.82) is 0 Å². The van der Waals surface area contributed by atoms with Gasteiger partial charge in [-0.25, -0.2) is 4.79 Å². The van der Waals surface area contributed by atoms with Gasteiger partial charge in [-0.3, -0.25) is 9.59 Å². The van der Waals surface area contributed by atoms with Crippen LogP contribution in [0, 0.1) is 5.92 Å². The molecule has 0 aliphatic heterocycles. The molecule has 26 heavy (non-hydrogen) atoms. The molecule has 0 aromatic heterocycles. The number of carboxylic acids is 1. The fourth-order valence-corrected chi connectivity index (χ4v) is 2.62. The lowest BCUT2D eigenvalue weighted by Gasteiger charge is -2.26. The van der Waals surface area contributed by atoms with E-state index < -0.39 is 35.9 Å². The SMILES string of the molecule is CCC(C)C(NC(=O)C(N)Cc1ccccc1)C(=O)NC(CS)C(=O)O. The molecule has 1 aromatic carbocycles. The number of carboxylic acid groups (broad SMARTS) is 1. The van der Waals surface area contributed by atoms with Crippen LogP contribution in [0.1, 0.15) is 25.8 Å². The standard InChI is InChI=1S/C18H27N3O4S/c1-3-11(2)15(17(23)20-14(10-26)18(24)25)21-16(22)13(19)9-12-7-5-4-6-8-12/h4-8,11,13-15,26H,3,9-10,19H2,1-2H3,(H,20,23)(H,21,22)(H,24,25). The molecule has 7 nitrogen and oxygen atoms in total. The molecule has 0 fully saturated rings. The van der Waals surface area contributed by atoms with Crippen LogP contribution >= 0.6 is 12.6 Å². The topological polar surface area (TPSA) is 122 Å². The molecule has 0 saturated carbocycles. The summed E-state index contributed by atoms with van der Waals surface area (Å²) in [4.78, 5) is 36.0. The van der Waals surface area contributed by atoms with E-state index in [0.29, 0.717) is 12.8 Å². The highest BCUT2D eigenvalue weighted by Gasteiger charge is 2.30. The third-order valence-corrected chi connectivity index (χ3v) is 4.59. The van der Waals surface area contributed by atoms with Gasteiger partial charge in [0, 0.05) is 5.75 Å². The van der Waals surface area contributed by atoms with Gasteiger partial charge in [0.15, 0.2) is 0 Å². The zero-order valence-corrected chi connectivity index (χ0v) is 15.9. The van der Waals surface area contributed by atoms with Crippen LogP contribution in [0.15, 0.2) is 30.3 Å². The van der Waals surface area contributed by atoms with Crippen molar-refractivity contribution >= 4 is 30.4 Å². The number of rotatable bonds is 10. The van der Waals surface area contributed by atoms with Gasteiger partial charge in [0.1, 0.15) is 12.1 Å². The maximum atomic E-state index is 12.5. The van der Waals surface area contributed by atoms with Crippen molar-refractivity contribution in [3.05, 3.63) is 35.9 Å². The number of nitrogens with one attached hydrogen (secondary N) is 2. The Morgan fingerprint density at radius 1 is 1.15 bits per heavy atom. The Morgan fingerprint density at radius 3 is 2.27 bits per heavy atom. The van der Waals surface area contributed by atoms with Gasteiger partial charge >= 0.3 is 5.97 Å². The normalized spacial score (nSPS) is 15.4. The van der Waals surface area contributed by atoms with Crippen molar-refractivity contribution < 1.29 is 19.5 Å². The maximum Gasteiger partial charge on any atom is 0.327 e. The van der Waals surface area contributed by atoms with Crippen LogP contribution in [0.4, 0.5) is 0 Å². The van der Waals surface area contributed by atoms with Gasteiger partial charge in [-0.2, -0.15) is 12.6 Å². The Labute approximate surface area is 159 Å². The van der Waals surface area contributed by atoms with Gasteiger partial charge in [-0.05, 0) is 17.9 Å². The van der Waals surface area contributed by atoms with Crippen molar-refractivity contribution in [2.45, 2.75) is 44.8 Å². The Morgan fingerprint density at radius 2 is 1.77 bits per heavy atom. The van der Waals surface area contributed by atoms with Crippen LogP contribution in [-0.4, -0.2) is 46.8 Å². The Bertz CT molecular complexity index is 612. The summed E-state index contributed by atoms with van der Waals surface area (Å²) < 4.78 is 0. The summed E-state index contributed by atoms with van der Waals surface area (Å²) >= 11 is 3.93. The number of benzene rings is 1. The van der Waals surface area contributed by atoms with Crippen molar-refractivity contribution in [3.63, 3.8) is 0 Å². The van der Waals surface area contributed by atoms with Crippen molar-refractivity contribution in [3.8, 4) is 0 Å². The summed E-state index contributed by atoms with van der Waals surface area (Å²) in [6.45, 7) is 3.69. The maximum absolute atomic E-state index is 12.5. The number of aliphatic carboxylic acids is 1. The van der Waals surface area contributed by atoms with E-state index in [1.165, 1.54) is 0 Å². The fraction of sp³-hybridized carbons (Fsp3) is 0.500. The molecule has 4 atom stereocenters. The number of amides is 2. The van der Waals surface area contributed by atoms with E-state index in [0.717, 1.165) is 5.56 Å². The molecule has 5 N–H and O–H groups in total. The Hall–Kier alpha value is -2.06. The second-order valence-electron chi connectivity index (χ2n) is 6.25. The second-order valence-corrected chi connectivity index (χ2v) is 6.62. The molecule has 2 amide bonds. The predicted molar refractivity (Wildman–Crippen MR) is 103 cm³/mol. The van der Waals surface area contributed by atoms with Gasteiger partial charge in [0.2, 0.25) is 11.8 Å². The largest absolute Gasteiger partial charge is 0.480 e. The minimum Gasteiger partial charge on any atom is -0.480 e. The summed E-state index contributed by atoms with van der Waals surface area (Å²) in [6.07, 6.45) is 0.973. The molecule has 4 unspecified atom stereocenters. The highest BCUT2D eigenvalue weighted by molar-refractivity contribution is 7.80. The highest BCUT2D eigenvalue weighted by atomic mass is 32.1. The first-order chi connectivity index (χ1) is 12.3. The van der Waals surface area contributed by atoms with Crippen molar-refractivity contribution in [2.75, 3.05) is 5.75 Å². The first-order valence-electron chi connectivity index (χ1n) is 8.54. The van der Waals surface area contributed by atoms with Gasteiger partial charge in [0.05, 0.1) is 6.04 Å². The average molecular weight is 381 g/mol. The molecule has 0 radical (unpaired) electrons. The molecular weight excluding hydrogens is 354 g/mol. The molecule has 1 rings (SSSR count). The molecule has 0 spiro atoms. The first-order valence-corrected chi connectivity index (χ1v) is 9.17. The number of nitrogens with two attached hydrogens (primary N) is 1. The average Bonchev–Trinajstić information content (AvgIpc) is 2.63. The molecule has 0 aliphatic carbocycles. The summed E-state index contributed by atoms with van der Waals surface area (Å²) in [6, 6.07) is 6.54. The van der Waals surface area contributed by atoms with E-state index in [2.05, 4.69) is 23.3 Å². The highest BCUT2D eigenvalue weighted by Crippen LogP contribution is 2.10. The number of hydrogen-bond acceptors (Lipinski definition) is 5. The molecule has 8 heteroatoms. The predicted octanol–water partition coefficient (Wildman–Crippen LogP) is 0.587. The zero-order valence-electron chi connectivity index (χ0n) is 15.0. The second kappa shape index (κ2) is 10.8. The molecule has 1 aromatic rings. The third-order valence-electron chi connectivity index (χ3n) is 4.23. The Balaban J connectivity index is 2.78. The lowest BCUT2D eigenvalue weighted by atomic mass is 9.97. The van der Waals surface area contributed by atoms with E-state index >= 15 is 0 Å². The van der Waals surface area contributed by atoms with Crippen LogP contribution in [0.2, 0.25) is 0 Å². The zero-order chi connectivity index (χ0) is 19.7. The summed E-state index contributed by atoms with van der Waals surface area (Å²) in [5.74, 6) is -2.41. The van der Waals surface area contributed by atoms with Crippen molar-refractivity contribution in [1.82, 2.24) is 10.6 Å². The van der Waals surface area contributed by atoms with Gasteiger partial charge < -0.3 is 21.5 Å². The number of carbonyl (C=O) groups is 3. The smallest absolute Gasteiger partial charge is 0.327 e. The quantitative estimate of drug-likeness (QED) is 0.380. The van der Waals surface area contributed by atoms with Gasteiger partial charge in [-0.15, -0.1) is 0 Å². The number of carbonyl (C=O) groups excluding carboxylic acids is 2. The van der Waals surface area contributed by atoms with E-state index in [9.17, 15) is 14.4 Å². The third kappa shape index (κ3) is 6.68. The molecule has 0 heterocycles. The lowest BCUT2D eigenvalue weighted by Crippen LogP contribution is -2.57. The Kier molecular flexibility index (Phi) is 9.15. The van der Waals surface area contributed by atoms with Crippen LogP contribution in [0.3, 0.4) is 0 Å². The van der Waals surface area contributed by atoms with E-state index in [-0.39, 0.29) is 11.7 Å². The minimum absolute atomic E-state index is 0.0459. The van der Waals surface area contributed by atoms with E-state index in [4.69, 9.17) is 10.8 Å². The van der Waals surface area contributed by atoms with Gasteiger partial charge in [0.25, 0.3) is 0 Å². The number of thiol groups is 1. The molecule has 0 bridgehead atoms. The summed E-state index contributed by atoms with van der Waals surface area (Å²) in [5, 5.41) is 14.1. The summed E-state index contributed by atoms with van der Waals surface area (Å²) in [7, 11) is 0. The molecular formula is C18H27N3O4S. The van der Waals surface area contributed by atoms with Crippen LogP contribution in [0.5, 0.6) is 0 Å². The van der Waals surface area contributed by atoms with Crippen molar-refractivity contribution in [2.24, 2.45) is 11.7 Å². The molecule has 0 saturated heterocycles. The van der Waals surface area contributed by atoms with Crippen LogP contribution < -0.4 is 16.4 Å². The monoisotopic (exact) mass is 381 g/mol. The van der Waals surface area contributed by atoms with Crippen LogP contribution in [0.25, 0.3) is 0 Å².